The van der Waals surface area contributed by atoms with E-state index in [0.717, 1.165) is 6.92 Å². The number of oxime groups is 1. The van der Waals surface area contributed by atoms with E-state index in [2.05, 4.69) is 9.99 Å². The zero-order valence-corrected chi connectivity index (χ0v) is 5.23. The summed E-state index contributed by atoms with van der Waals surface area (Å²) < 4.78 is 0. The maximum absolute atomic E-state index is 10.1. The summed E-state index contributed by atoms with van der Waals surface area (Å²) in [6, 6.07) is 0. The standard InChI is InChI=1S/C5H5NO4/c1-4(8)10-6-2-5(9)3-7/h2-3H,1H3. The van der Waals surface area contributed by atoms with Crippen LogP contribution in [0.15, 0.2) is 5.16 Å². The molecular weight excluding hydrogens is 138 g/mol. The van der Waals surface area contributed by atoms with Gasteiger partial charge in [-0.3, -0.25) is 9.59 Å². The lowest BCUT2D eigenvalue weighted by Gasteiger charge is -1.84. The van der Waals surface area contributed by atoms with E-state index in [4.69, 9.17) is 0 Å². The van der Waals surface area contributed by atoms with E-state index in [0.29, 0.717) is 6.21 Å². The van der Waals surface area contributed by atoms with Gasteiger partial charge < -0.3 is 4.84 Å². The van der Waals surface area contributed by atoms with Gasteiger partial charge in [0.1, 0.15) is 6.21 Å². The molecule has 0 N–H and O–H groups in total. The van der Waals surface area contributed by atoms with Gasteiger partial charge in [-0.05, 0) is 0 Å². The molecule has 10 heavy (non-hydrogen) atoms. The first-order valence-electron chi connectivity index (χ1n) is 2.37. The Morgan fingerprint density at radius 2 is 2.10 bits per heavy atom. The van der Waals surface area contributed by atoms with Crippen molar-refractivity contribution >= 4 is 24.3 Å². The van der Waals surface area contributed by atoms with Crippen LogP contribution in [0.2, 0.25) is 0 Å². The Kier molecular flexibility index (Phi) is 3.70. The first-order chi connectivity index (χ1) is 4.66. The normalized spacial score (nSPS) is 9.30. The highest BCUT2D eigenvalue weighted by atomic mass is 16.7. The quantitative estimate of drug-likeness (QED) is 0.172. The Balaban J connectivity index is 3.66. The zero-order valence-electron chi connectivity index (χ0n) is 5.23. The third kappa shape index (κ3) is 4.63. The van der Waals surface area contributed by atoms with Gasteiger partial charge in [0.2, 0.25) is 5.78 Å². The molecule has 0 aromatic heterocycles. The van der Waals surface area contributed by atoms with Gasteiger partial charge in [0.15, 0.2) is 6.29 Å². The molecular formula is C5H5NO4. The van der Waals surface area contributed by atoms with Crippen LogP contribution < -0.4 is 0 Å². The molecule has 0 aromatic rings. The summed E-state index contributed by atoms with van der Waals surface area (Å²) in [6.45, 7) is 1.13. The lowest BCUT2D eigenvalue weighted by molar-refractivity contribution is -0.140. The van der Waals surface area contributed by atoms with E-state index >= 15 is 0 Å². The molecule has 0 bridgehead atoms. The van der Waals surface area contributed by atoms with Crippen molar-refractivity contribution in [3.05, 3.63) is 0 Å². The third-order valence-corrected chi connectivity index (χ3v) is 0.477. The monoisotopic (exact) mass is 143 g/mol. The molecule has 54 valence electrons. The molecule has 0 aromatic carbocycles. The van der Waals surface area contributed by atoms with Crippen LogP contribution in [0.1, 0.15) is 6.92 Å². The Bertz CT molecular complexity index is 184. The van der Waals surface area contributed by atoms with Crippen LogP contribution in [0.4, 0.5) is 0 Å². The molecule has 5 nitrogen and oxygen atoms in total. The van der Waals surface area contributed by atoms with E-state index in [9.17, 15) is 14.4 Å². The van der Waals surface area contributed by atoms with Gasteiger partial charge in [-0.25, -0.2) is 4.79 Å². The Morgan fingerprint density at radius 3 is 2.50 bits per heavy atom. The molecule has 0 aliphatic carbocycles. The SMILES string of the molecule is CC(=O)ON=CC(=O)C=O. The van der Waals surface area contributed by atoms with Gasteiger partial charge in [0, 0.05) is 6.92 Å². The molecule has 0 aliphatic rings. The number of rotatable bonds is 3. The predicted octanol–water partition coefficient (Wildman–Crippen LogP) is -0.697. The number of nitrogens with zero attached hydrogens (tertiary/aromatic N) is 1. The van der Waals surface area contributed by atoms with Crippen LogP contribution in [-0.4, -0.2) is 24.3 Å². The number of hydrogen-bond acceptors (Lipinski definition) is 5. The molecule has 0 atom stereocenters. The van der Waals surface area contributed by atoms with Crippen molar-refractivity contribution < 1.29 is 19.2 Å². The number of carbonyl (C=O) groups excluding carboxylic acids is 3. The van der Waals surface area contributed by atoms with Crippen LogP contribution in [0, 0.1) is 0 Å². The number of ketones is 1. The van der Waals surface area contributed by atoms with E-state index < -0.39 is 11.8 Å². The van der Waals surface area contributed by atoms with Gasteiger partial charge in [0.05, 0.1) is 0 Å². The van der Waals surface area contributed by atoms with Crippen molar-refractivity contribution in [2.45, 2.75) is 6.92 Å². The van der Waals surface area contributed by atoms with E-state index in [1.54, 1.807) is 0 Å². The minimum absolute atomic E-state index is 0.0625. The minimum Gasteiger partial charge on any atom is -0.318 e. The first kappa shape index (κ1) is 8.48. The van der Waals surface area contributed by atoms with E-state index in [1.165, 1.54) is 0 Å². The van der Waals surface area contributed by atoms with Crippen LogP contribution in [0.3, 0.4) is 0 Å². The fourth-order valence-corrected chi connectivity index (χ4v) is 0.183. The molecule has 0 heterocycles. The van der Waals surface area contributed by atoms with E-state index in [-0.39, 0.29) is 6.29 Å². The summed E-state index contributed by atoms with van der Waals surface area (Å²) in [5, 5.41) is 2.89. The fourth-order valence-electron chi connectivity index (χ4n) is 0.183. The topological polar surface area (TPSA) is 72.8 Å². The fraction of sp³-hybridized carbons (Fsp3) is 0.200. The van der Waals surface area contributed by atoms with Gasteiger partial charge in [-0.2, -0.15) is 0 Å². The van der Waals surface area contributed by atoms with Gasteiger partial charge in [0.25, 0.3) is 0 Å². The summed E-state index contributed by atoms with van der Waals surface area (Å²) in [4.78, 5) is 33.6. The second kappa shape index (κ2) is 4.37. The molecule has 0 saturated carbocycles. The van der Waals surface area contributed by atoms with Gasteiger partial charge in [-0.15, -0.1) is 0 Å². The highest BCUT2D eigenvalue weighted by Gasteiger charge is 1.92. The van der Waals surface area contributed by atoms with Crippen LogP contribution in [0.25, 0.3) is 0 Å². The largest absolute Gasteiger partial charge is 0.331 e. The molecule has 0 saturated heterocycles. The van der Waals surface area contributed by atoms with Crippen molar-refractivity contribution in [3.8, 4) is 0 Å². The number of carbonyl (C=O) groups is 3. The maximum atomic E-state index is 10.1. The molecule has 0 amide bonds. The molecule has 0 rings (SSSR count). The van der Waals surface area contributed by atoms with E-state index in [1.807, 2.05) is 0 Å². The van der Waals surface area contributed by atoms with Crippen molar-refractivity contribution in [1.29, 1.82) is 0 Å². The number of Topliss-reactive ketones (excluding diaryl/α,β-unsaturated/α-hetero) is 1. The van der Waals surface area contributed by atoms with Crippen LogP contribution in [-0.2, 0) is 19.2 Å². The lowest BCUT2D eigenvalue weighted by Crippen LogP contribution is -2.01. The smallest absolute Gasteiger partial charge is 0.318 e. The Labute approximate surface area is 56.6 Å². The van der Waals surface area contributed by atoms with Gasteiger partial charge in [-0.1, -0.05) is 5.16 Å². The highest BCUT2D eigenvalue weighted by molar-refractivity contribution is 6.51. The summed E-state index contributed by atoms with van der Waals surface area (Å²) in [7, 11) is 0. The molecule has 0 radical (unpaired) electrons. The maximum Gasteiger partial charge on any atom is 0.331 e. The van der Waals surface area contributed by atoms with Crippen molar-refractivity contribution in [2.75, 3.05) is 0 Å². The molecule has 0 spiro atoms. The minimum atomic E-state index is -0.846. The summed E-state index contributed by atoms with van der Waals surface area (Å²) in [6.07, 6.45) is 0.682. The molecule has 0 fully saturated rings. The summed E-state index contributed by atoms with van der Waals surface area (Å²) in [5.74, 6) is -1.49. The summed E-state index contributed by atoms with van der Waals surface area (Å²) >= 11 is 0. The molecule has 0 aliphatic heterocycles. The number of aldehydes is 1. The summed E-state index contributed by atoms with van der Waals surface area (Å²) in [5.41, 5.74) is 0. The zero-order chi connectivity index (χ0) is 7.98. The van der Waals surface area contributed by atoms with Crippen molar-refractivity contribution in [1.82, 2.24) is 0 Å². The number of hydrogen-bond donors (Lipinski definition) is 0. The Morgan fingerprint density at radius 1 is 1.50 bits per heavy atom. The average Bonchev–Trinajstić information content (AvgIpc) is 1.87. The van der Waals surface area contributed by atoms with Gasteiger partial charge >= 0.3 is 5.97 Å². The second-order valence-corrected chi connectivity index (χ2v) is 1.34. The average molecular weight is 143 g/mol. The highest BCUT2D eigenvalue weighted by Crippen LogP contribution is 1.73. The van der Waals surface area contributed by atoms with Crippen LogP contribution in [0.5, 0.6) is 0 Å². The third-order valence-electron chi connectivity index (χ3n) is 0.477. The lowest BCUT2D eigenvalue weighted by atomic mass is 10.5. The molecule has 5 heteroatoms. The van der Waals surface area contributed by atoms with Crippen molar-refractivity contribution in [3.63, 3.8) is 0 Å². The first-order valence-corrected chi connectivity index (χ1v) is 2.37. The second-order valence-electron chi connectivity index (χ2n) is 1.34. The van der Waals surface area contributed by atoms with Crippen LogP contribution >= 0.6 is 0 Å². The Hall–Kier alpha value is -1.52. The van der Waals surface area contributed by atoms with Crippen molar-refractivity contribution in [2.24, 2.45) is 5.16 Å². The predicted molar refractivity (Wildman–Crippen MR) is 31.3 cm³/mol. The molecule has 0 unspecified atom stereocenters.